The summed E-state index contributed by atoms with van der Waals surface area (Å²) in [7, 11) is 3.45. The van der Waals surface area contributed by atoms with Gasteiger partial charge in [0.25, 0.3) is 0 Å². The summed E-state index contributed by atoms with van der Waals surface area (Å²) in [6.07, 6.45) is 7.46. The number of likely N-dealkylation sites (tertiary alicyclic amines) is 1. The first-order valence-electron chi connectivity index (χ1n) is 7.74. The third kappa shape index (κ3) is 4.41. The number of hydrogen-bond acceptors (Lipinski definition) is 4. The van der Waals surface area contributed by atoms with Gasteiger partial charge in [-0.1, -0.05) is 0 Å². The van der Waals surface area contributed by atoms with E-state index in [2.05, 4.69) is 5.10 Å². The normalized spacial score (nSPS) is 21.7. The third-order valence-electron chi connectivity index (χ3n) is 4.37. The minimum atomic E-state index is -0.483. The van der Waals surface area contributed by atoms with Crippen LogP contribution in [0, 0.1) is 0 Å². The van der Waals surface area contributed by atoms with Gasteiger partial charge in [-0.05, 0) is 31.4 Å². The van der Waals surface area contributed by atoms with Gasteiger partial charge in [0, 0.05) is 45.9 Å². The molecule has 1 atom stereocenters. The second kappa shape index (κ2) is 7.41. The van der Waals surface area contributed by atoms with Crippen LogP contribution in [0.5, 0.6) is 0 Å². The van der Waals surface area contributed by atoms with Crippen LogP contribution < -0.4 is 5.73 Å². The summed E-state index contributed by atoms with van der Waals surface area (Å²) in [5.74, 6) is -0.410. The number of aromatic nitrogens is 2. The SMILES string of the molecule is CO[C@]1(CCC(N)=O)CCCN(C(=O)/C=C/c2ccnn2C)C1. The van der Waals surface area contributed by atoms with Gasteiger partial charge in [-0.25, -0.2) is 0 Å². The van der Waals surface area contributed by atoms with E-state index in [0.29, 0.717) is 19.5 Å². The molecular formula is C16H24N4O3. The Morgan fingerprint density at radius 2 is 2.30 bits per heavy atom. The molecule has 7 nitrogen and oxygen atoms in total. The molecule has 2 N–H and O–H groups in total. The Morgan fingerprint density at radius 3 is 2.91 bits per heavy atom. The fourth-order valence-corrected chi connectivity index (χ4v) is 2.92. The number of amides is 2. The summed E-state index contributed by atoms with van der Waals surface area (Å²) in [6, 6.07) is 1.84. The number of piperidine rings is 1. The fraction of sp³-hybridized carbons (Fsp3) is 0.562. The van der Waals surface area contributed by atoms with Crippen LogP contribution in [0.25, 0.3) is 6.08 Å². The molecule has 0 spiro atoms. The summed E-state index contributed by atoms with van der Waals surface area (Å²) in [5.41, 5.74) is 5.62. The molecule has 0 aromatic carbocycles. The molecule has 0 aliphatic carbocycles. The molecule has 1 aliphatic heterocycles. The Hall–Kier alpha value is -2.15. The zero-order valence-electron chi connectivity index (χ0n) is 13.7. The van der Waals surface area contributed by atoms with Crippen LogP contribution in [-0.2, 0) is 21.4 Å². The standard InChI is InChI=1S/C16H24N4O3/c1-19-13(7-10-18-19)4-5-15(22)20-11-3-8-16(12-20,23-2)9-6-14(17)21/h4-5,7,10H,3,6,8-9,11-12H2,1-2H3,(H2,17,21)/b5-4+/t16-/m0/s1. The first kappa shape index (κ1) is 17.2. The highest BCUT2D eigenvalue weighted by Gasteiger charge is 2.36. The Bertz CT molecular complexity index is 596. The molecule has 126 valence electrons. The van der Waals surface area contributed by atoms with Crippen LogP contribution in [0.1, 0.15) is 31.4 Å². The number of rotatable bonds is 6. The Balaban J connectivity index is 2.01. The van der Waals surface area contributed by atoms with E-state index in [1.54, 1.807) is 35.0 Å². The monoisotopic (exact) mass is 320 g/mol. The quantitative estimate of drug-likeness (QED) is 0.781. The lowest BCUT2D eigenvalue weighted by molar-refractivity contribution is -0.136. The van der Waals surface area contributed by atoms with Gasteiger partial charge in [0.15, 0.2) is 0 Å². The van der Waals surface area contributed by atoms with E-state index in [1.165, 1.54) is 0 Å². The van der Waals surface area contributed by atoms with Gasteiger partial charge in [-0.3, -0.25) is 14.3 Å². The average molecular weight is 320 g/mol. The van der Waals surface area contributed by atoms with Gasteiger partial charge in [0.05, 0.1) is 11.3 Å². The van der Waals surface area contributed by atoms with Crippen LogP contribution >= 0.6 is 0 Å². The number of methoxy groups -OCH3 is 1. The third-order valence-corrected chi connectivity index (χ3v) is 4.37. The number of aryl methyl sites for hydroxylation is 1. The lowest BCUT2D eigenvalue weighted by Gasteiger charge is -2.41. The zero-order chi connectivity index (χ0) is 16.9. The van der Waals surface area contributed by atoms with Gasteiger partial charge in [-0.15, -0.1) is 0 Å². The van der Waals surface area contributed by atoms with Crippen LogP contribution in [-0.4, -0.2) is 52.3 Å². The lowest BCUT2D eigenvalue weighted by Crippen LogP contribution is -2.51. The van der Waals surface area contributed by atoms with E-state index in [-0.39, 0.29) is 18.2 Å². The average Bonchev–Trinajstić information content (AvgIpc) is 2.96. The first-order valence-corrected chi connectivity index (χ1v) is 7.74. The second-order valence-corrected chi connectivity index (χ2v) is 5.93. The molecule has 1 aliphatic rings. The number of hydrogen-bond donors (Lipinski definition) is 1. The molecule has 1 aromatic rings. The van der Waals surface area contributed by atoms with E-state index in [9.17, 15) is 9.59 Å². The maximum absolute atomic E-state index is 12.4. The highest BCUT2D eigenvalue weighted by atomic mass is 16.5. The van der Waals surface area contributed by atoms with E-state index >= 15 is 0 Å². The molecule has 0 radical (unpaired) electrons. The number of ether oxygens (including phenoxy) is 1. The summed E-state index contributed by atoms with van der Waals surface area (Å²) >= 11 is 0. The molecule has 0 unspecified atom stereocenters. The molecule has 1 fully saturated rings. The zero-order valence-corrected chi connectivity index (χ0v) is 13.7. The predicted molar refractivity (Wildman–Crippen MR) is 86.2 cm³/mol. The molecule has 2 amide bonds. The van der Waals surface area contributed by atoms with Crippen molar-refractivity contribution < 1.29 is 14.3 Å². The van der Waals surface area contributed by atoms with Crippen molar-refractivity contribution in [1.82, 2.24) is 14.7 Å². The predicted octanol–water partition coefficient (Wildman–Crippen LogP) is 0.706. The molecular weight excluding hydrogens is 296 g/mol. The molecule has 2 heterocycles. The molecule has 1 saturated heterocycles. The lowest BCUT2D eigenvalue weighted by atomic mass is 9.87. The number of carbonyl (C=O) groups is 2. The van der Waals surface area contributed by atoms with Crippen LogP contribution in [0.15, 0.2) is 18.3 Å². The van der Waals surface area contributed by atoms with Gasteiger partial charge in [0.2, 0.25) is 11.8 Å². The Labute approximate surface area is 136 Å². The first-order chi connectivity index (χ1) is 11.0. The van der Waals surface area contributed by atoms with Crippen molar-refractivity contribution in [2.75, 3.05) is 20.2 Å². The van der Waals surface area contributed by atoms with Crippen molar-refractivity contribution in [2.24, 2.45) is 12.8 Å². The van der Waals surface area contributed by atoms with E-state index in [1.807, 2.05) is 13.1 Å². The molecule has 7 heteroatoms. The topological polar surface area (TPSA) is 90.4 Å². The van der Waals surface area contributed by atoms with E-state index in [0.717, 1.165) is 18.5 Å². The van der Waals surface area contributed by atoms with E-state index in [4.69, 9.17) is 10.5 Å². The van der Waals surface area contributed by atoms with Gasteiger partial charge >= 0.3 is 0 Å². The van der Waals surface area contributed by atoms with Gasteiger partial charge in [-0.2, -0.15) is 5.10 Å². The minimum absolute atomic E-state index is 0.0635. The number of carbonyl (C=O) groups excluding carboxylic acids is 2. The van der Waals surface area contributed by atoms with Crippen molar-refractivity contribution in [2.45, 2.75) is 31.3 Å². The largest absolute Gasteiger partial charge is 0.376 e. The van der Waals surface area contributed by atoms with Crippen molar-refractivity contribution in [1.29, 1.82) is 0 Å². The second-order valence-electron chi connectivity index (χ2n) is 5.93. The highest BCUT2D eigenvalue weighted by Crippen LogP contribution is 2.29. The fourth-order valence-electron chi connectivity index (χ4n) is 2.92. The van der Waals surface area contributed by atoms with Crippen LogP contribution in [0.3, 0.4) is 0 Å². The molecule has 23 heavy (non-hydrogen) atoms. The minimum Gasteiger partial charge on any atom is -0.376 e. The van der Waals surface area contributed by atoms with E-state index < -0.39 is 5.60 Å². The summed E-state index contributed by atoms with van der Waals surface area (Å²) in [6.45, 7) is 1.17. The van der Waals surface area contributed by atoms with Crippen molar-refractivity contribution in [3.05, 3.63) is 24.0 Å². The molecule has 0 saturated carbocycles. The van der Waals surface area contributed by atoms with Gasteiger partial charge in [0.1, 0.15) is 0 Å². The van der Waals surface area contributed by atoms with Crippen LogP contribution in [0.2, 0.25) is 0 Å². The number of nitrogens with two attached hydrogens (primary N) is 1. The summed E-state index contributed by atoms with van der Waals surface area (Å²) in [5, 5.41) is 4.06. The van der Waals surface area contributed by atoms with Crippen LogP contribution in [0.4, 0.5) is 0 Å². The summed E-state index contributed by atoms with van der Waals surface area (Å²) in [4.78, 5) is 25.2. The summed E-state index contributed by atoms with van der Waals surface area (Å²) < 4.78 is 7.34. The van der Waals surface area contributed by atoms with Gasteiger partial charge < -0.3 is 15.4 Å². The van der Waals surface area contributed by atoms with Crippen molar-refractivity contribution in [3.8, 4) is 0 Å². The Morgan fingerprint density at radius 1 is 1.52 bits per heavy atom. The maximum atomic E-state index is 12.4. The number of nitrogens with zero attached hydrogens (tertiary/aromatic N) is 3. The maximum Gasteiger partial charge on any atom is 0.246 e. The molecule has 0 bridgehead atoms. The molecule has 1 aromatic heterocycles. The van der Waals surface area contributed by atoms with Crippen molar-refractivity contribution in [3.63, 3.8) is 0 Å². The smallest absolute Gasteiger partial charge is 0.246 e. The number of primary amides is 1. The Kier molecular flexibility index (Phi) is 5.54. The molecule has 2 rings (SSSR count). The van der Waals surface area contributed by atoms with Crippen molar-refractivity contribution >= 4 is 17.9 Å². The highest BCUT2D eigenvalue weighted by molar-refractivity contribution is 5.91.